The lowest BCUT2D eigenvalue weighted by Gasteiger charge is -2.22. The highest BCUT2D eigenvalue weighted by molar-refractivity contribution is 6.30. The molecule has 0 fully saturated rings. The van der Waals surface area contributed by atoms with Gasteiger partial charge >= 0.3 is 18.0 Å². The van der Waals surface area contributed by atoms with E-state index in [4.69, 9.17) is 26.2 Å². The number of carbonyl (C=O) groups is 3. The first-order chi connectivity index (χ1) is 11.7. The predicted octanol–water partition coefficient (Wildman–Crippen LogP) is 3.17. The Hall–Kier alpha value is -2.28. The number of ether oxygens (including phenoxy) is 2. The Morgan fingerprint density at radius 1 is 1.16 bits per heavy atom. The lowest BCUT2D eigenvalue weighted by atomic mass is 9.96. The summed E-state index contributed by atoms with van der Waals surface area (Å²) in [4.78, 5) is 34.0. The third-order valence-electron chi connectivity index (χ3n) is 3.30. The molecule has 0 aliphatic carbocycles. The molecular weight excluding hydrogens is 350 g/mol. The van der Waals surface area contributed by atoms with E-state index in [0.29, 0.717) is 5.02 Å². The Labute approximate surface area is 151 Å². The Bertz CT molecular complexity index is 602. The summed E-state index contributed by atoms with van der Waals surface area (Å²) >= 11 is 5.83. The molecule has 0 heterocycles. The van der Waals surface area contributed by atoms with E-state index < -0.39 is 30.2 Å². The number of carboxylic acid groups (broad SMARTS) is 1. The van der Waals surface area contributed by atoms with Crippen LogP contribution in [-0.2, 0) is 19.1 Å². The number of esters is 1. The fourth-order valence-corrected chi connectivity index (χ4v) is 2.19. The Morgan fingerprint density at radius 3 is 2.24 bits per heavy atom. The average molecular weight is 372 g/mol. The standard InChI is InChI=1S/C17H22ClNO6/c1-10(2)16(24-11(3)20)25-17(23)19-9-13(8-15(21)22)12-4-6-14(18)7-5-12/h4-7,10,13,16H,8-9H2,1-3H3,(H,19,23)(H,21,22). The van der Waals surface area contributed by atoms with E-state index in [-0.39, 0.29) is 18.9 Å². The van der Waals surface area contributed by atoms with E-state index >= 15 is 0 Å². The Balaban J connectivity index is 2.68. The van der Waals surface area contributed by atoms with Gasteiger partial charge in [0.15, 0.2) is 0 Å². The number of aliphatic carboxylic acids is 1. The minimum atomic E-state index is -1.01. The Kier molecular flexibility index (Phi) is 8.21. The maximum Gasteiger partial charge on any atom is 0.410 e. The van der Waals surface area contributed by atoms with Crippen molar-refractivity contribution in [3.05, 3.63) is 34.9 Å². The molecule has 1 aromatic rings. The number of nitrogens with one attached hydrogen (secondary N) is 1. The molecule has 1 aromatic carbocycles. The molecule has 1 rings (SSSR count). The van der Waals surface area contributed by atoms with E-state index in [1.807, 2.05) is 0 Å². The van der Waals surface area contributed by atoms with Crippen molar-refractivity contribution in [1.82, 2.24) is 5.32 Å². The van der Waals surface area contributed by atoms with Gasteiger partial charge in [-0.15, -0.1) is 0 Å². The number of carbonyl (C=O) groups excluding carboxylic acids is 2. The van der Waals surface area contributed by atoms with Crippen molar-refractivity contribution in [3.8, 4) is 0 Å². The molecule has 2 unspecified atom stereocenters. The van der Waals surface area contributed by atoms with Crippen LogP contribution in [-0.4, -0.2) is 36.0 Å². The third-order valence-corrected chi connectivity index (χ3v) is 3.56. The number of hydrogen-bond acceptors (Lipinski definition) is 5. The molecule has 7 nitrogen and oxygen atoms in total. The smallest absolute Gasteiger partial charge is 0.410 e. The molecule has 0 saturated heterocycles. The van der Waals surface area contributed by atoms with Crippen molar-refractivity contribution < 1.29 is 29.0 Å². The molecule has 138 valence electrons. The van der Waals surface area contributed by atoms with Gasteiger partial charge in [0, 0.05) is 30.3 Å². The SMILES string of the molecule is CC(=O)OC(OC(=O)NCC(CC(=O)O)c1ccc(Cl)cc1)C(C)C. The summed E-state index contributed by atoms with van der Waals surface area (Å²) < 4.78 is 9.99. The predicted molar refractivity (Wildman–Crippen MR) is 91.3 cm³/mol. The van der Waals surface area contributed by atoms with Crippen LogP contribution >= 0.6 is 11.6 Å². The van der Waals surface area contributed by atoms with Gasteiger partial charge in [-0.2, -0.15) is 0 Å². The lowest BCUT2D eigenvalue weighted by Crippen LogP contribution is -2.36. The topological polar surface area (TPSA) is 102 Å². The molecule has 0 radical (unpaired) electrons. The lowest BCUT2D eigenvalue weighted by molar-refractivity contribution is -0.172. The number of hydrogen-bond donors (Lipinski definition) is 2. The molecule has 0 bridgehead atoms. The number of benzene rings is 1. The highest BCUT2D eigenvalue weighted by atomic mass is 35.5. The number of rotatable bonds is 8. The average Bonchev–Trinajstić information content (AvgIpc) is 2.50. The summed E-state index contributed by atoms with van der Waals surface area (Å²) in [6.45, 7) is 4.75. The molecular formula is C17H22ClNO6. The molecule has 0 aromatic heterocycles. The van der Waals surface area contributed by atoms with Crippen LogP contribution in [0.2, 0.25) is 5.02 Å². The van der Waals surface area contributed by atoms with Crippen LogP contribution in [0.3, 0.4) is 0 Å². The van der Waals surface area contributed by atoms with E-state index in [0.717, 1.165) is 5.56 Å². The molecule has 0 spiro atoms. The quantitative estimate of drug-likeness (QED) is 0.537. The van der Waals surface area contributed by atoms with Gasteiger partial charge in [-0.1, -0.05) is 37.6 Å². The number of carboxylic acids is 1. The van der Waals surface area contributed by atoms with E-state index in [1.54, 1.807) is 38.1 Å². The van der Waals surface area contributed by atoms with Crippen molar-refractivity contribution in [2.75, 3.05) is 6.54 Å². The third kappa shape index (κ3) is 7.89. The first kappa shape index (κ1) is 20.8. The highest BCUT2D eigenvalue weighted by Crippen LogP contribution is 2.21. The number of amides is 1. The summed E-state index contributed by atoms with van der Waals surface area (Å²) in [5.74, 6) is -2.22. The zero-order valence-electron chi connectivity index (χ0n) is 14.3. The molecule has 2 atom stereocenters. The van der Waals surface area contributed by atoms with Crippen LogP contribution in [0.15, 0.2) is 24.3 Å². The van der Waals surface area contributed by atoms with Crippen LogP contribution in [0.5, 0.6) is 0 Å². The Morgan fingerprint density at radius 2 is 1.76 bits per heavy atom. The van der Waals surface area contributed by atoms with Gasteiger partial charge in [0.1, 0.15) is 0 Å². The second kappa shape index (κ2) is 9.88. The van der Waals surface area contributed by atoms with Gasteiger partial charge in [-0.25, -0.2) is 4.79 Å². The highest BCUT2D eigenvalue weighted by Gasteiger charge is 2.22. The zero-order valence-corrected chi connectivity index (χ0v) is 15.1. The van der Waals surface area contributed by atoms with Crippen LogP contribution in [0.4, 0.5) is 4.79 Å². The van der Waals surface area contributed by atoms with E-state index in [2.05, 4.69) is 5.32 Å². The van der Waals surface area contributed by atoms with Crippen LogP contribution in [0, 0.1) is 5.92 Å². The molecule has 0 aliphatic heterocycles. The summed E-state index contributed by atoms with van der Waals surface area (Å²) in [5, 5.41) is 12.1. The van der Waals surface area contributed by atoms with Gasteiger partial charge in [0.05, 0.1) is 6.42 Å². The summed E-state index contributed by atoms with van der Waals surface area (Å²) in [5.41, 5.74) is 0.729. The second-order valence-electron chi connectivity index (χ2n) is 5.85. The largest absolute Gasteiger partial charge is 0.481 e. The van der Waals surface area contributed by atoms with Crippen molar-refractivity contribution >= 4 is 29.6 Å². The van der Waals surface area contributed by atoms with Gasteiger partial charge in [-0.05, 0) is 17.7 Å². The molecule has 25 heavy (non-hydrogen) atoms. The van der Waals surface area contributed by atoms with Gasteiger partial charge in [-0.3, -0.25) is 9.59 Å². The fraction of sp³-hybridized carbons (Fsp3) is 0.471. The van der Waals surface area contributed by atoms with Crippen molar-refractivity contribution in [1.29, 1.82) is 0 Å². The summed E-state index contributed by atoms with van der Waals surface area (Å²) in [6.07, 6.45) is -1.96. The minimum absolute atomic E-state index is 0.0532. The normalized spacial score (nSPS) is 13.0. The monoisotopic (exact) mass is 371 g/mol. The van der Waals surface area contributed by atoms with Crippen molar-refractivity contribution in [3.63, 3.8) is 0 Å². The van der Waals surface area contributed by atoms with Gasteiger partial charge in [0.25, 0.3) is 6.29 Å². The van der Waals surface area contributed by atoms with E-state index in [1.165, 1.54) is 6.92 Å². The van der Waals surface area contributed by atoms with Gasteiger partial charge < -0.3 is 19.9 Å². The fourth-order valence-electron chi connectivity index (χ4n) is 2.07. The maximum atomic E-state index is 11.9. The molecule has 0 saturated carbocycles. The van der Waals surface area contributed by atoms with E-state index in [9.17, 15) is 14.4 Å². The summed E-state index contributed by atoms with van der Waals surface area (Å²) in [7, 11) is 0. The molecule has 1 amide bonds. The first-order valence-electron chi connectivity index (χ1n) is 7.78. The molecule has 2 N–H and O–H groups in total. The zero-order chi connectivity index (χ0) is 19.0. The van der Waals surface area contributed by atoms with Crippen LogP contribution in [0.25, 0.3) is 0 Å². The van der Waals surface area contributed by atoms with Crippen LogP contribution in [0.1, 0.15) is 38.7 Å². The minimum Gasteiger partial charge on any atom is -0.481 e. The molecule has 0 aliphatic rings. The summed E-state index contributed by atoms with van der Waals surface area (Å²) in [6, 6.07) is 6.72. The van der Waals surface area contributed by atoms with Crippen molar-refractivity contribution in [2.45, 2.75) is 39.4 Å². The maximum absolute atomic E-state index is 11.9. The van der Waals surface area contributed by atoms with Gasteiger partial charge in [0.2, 0.25) is 0 Å². The van der Waals surface area contributed by atoms with Crippen LogP contribution < -0.4 is 5.32 Å². The number of alkyl carbamates (subject to hydrolysis) is 1. The number of halogens is 1. The van der Waals surface area contributed by atoms with Crippen molar-refractivity contribution in [2.24, 2.45) is 5.92 Å². The first-order valence-corrected chi connectivity index (χ1v) is 8.15. The second-order valence-corrected chi connectivity index (χ2v) is 6.29. The molecule has 8 heteroatoms.